The van der Waals surface area contributed by atoms with Crippen molar-refractivity contribution in [2.75, 3.05) is 5.75 Å². The smallest absolute Gasteiger partial charge is 0.0545 e. The Morgan fingerprint density at radius 2 is 2.25 bits per heavy atom. The summed E-state index contributed by atoms with van der Waals surface area (Å²) in [4.78, 5) is 5.99. The lowest BCUT2D eigenvalue weighted by molar-refractivity contribution is 0.827. The highest BCUT2D eigenvalue weighted by Crippen LogP contribution is 2.31. The van der Waals surface area contributed by atoms with Crippen LogP contribution in [-0.4, -0.2) is 10.7 Å². The van der Waals surface area contributed by atoms with Crippen LogP contribution in [0.3, 0.4) is 0 Å². The molecule has 2 heteroatoms. The maximum Gasteiger partial charge on any atom is 0.0545 e. The zero-order chi connectivity index (χ0) is 8.55. The number of aromatic nitrogens is 1. The molecule has 12 heavy (non-hydrogen) atoms. The van der Waals surface area contributed by atoms with Gasteiger partial charge in [-0.1, -0.05) is 0 Å². The van der Waals surface area contributed by atoms with Crippen LogP contribution >= 0.6 is 11.8 Å². The van der Waals surface area contributed by atoms with Crippen LogP contribution in [0.25, 0.3) is 0 Å². The SMILES string of the molecule is Cc1cc(C)c2c(n1)CCCS2. The van der Waals surface area contributed by atoms with E-state index in [4.69, 9.17) is 0 Å². The van der Waals surface area contributed by atoms with Gasteiger partial charge in [0.05, 0.1) is 5.69 Å². The summed E-state index contributed by atoms with van der Waals surface area (Å²) in [6.45, 7) is 4.26. The molecule has 2 rings (SSSR count). The summed E-state index contributed by atoms with van der Waals surface area (Å²) in [6.07, 6.45) is 2.46. The van der Waals surface area contributed by atoms with E-state index in [0.29, 0.717) is 0 Å². The van der Waals surface area contributed by atoms with Crippen molar-refractivity contribution in [2.24, 2.45) is 0 Å². The number of thioether (sulfide) groups is 1. The second-order valence-corrected chi connectivity index (χ2v) is 4.41. The second-order valence-electron chi connectivity index (χ2n) is 3.31. The molecule has 0 unspecified atom stereocenters. The van der Waals surface area contributed by atoms with Crippen LogP contribution < -0.4 is 0 Å². The Kier molecular flexibility index (Phi) is 2.09. The molecule has 0 atom stereocenters. The van der Waals surface area contributed by atoms with E-state index in [1.807, 2.05) is 11.8 Å². The van der Waals surface area contributed by atoms with Gasteiger partial charge >= 0.3 is 0 Å². The predicted molar refractivity (Wildman–Crippen MR) is 52.8 cm³/mol. The van der Waals surface area contributed by atoms with Gasteiger partial charge in [-0.25, -0.2) is 0 Å². The highest BCUT2D eigenvalue weighted by atomic mass is 32.2. The molecule has 0 N–H and O–H groups in total. The number of hydrogen-bond donors (Lipinski definition) is 0. The van der Waals surface area contributed by atoms with Gasteiger partial charge in [-0.2, -0.15) is 0 Å². The lowest BCUT2D eigenvalue weighted by Gasteiger charge is -2.16. The molecule has 0 saturated carbocycles. The fourth-order valence-electron chi connectivity index (χ4n) is 1.68. The number of hydrogen-bond acceptors (Lipinski definition) is 2. The highest BCUT2D eigenvalue weighted by molar-refractivity contribution is 7.99. The van der Waals surface area contributed by atoms with E-state index in [0.717, 1.165) is 5.69 Å². The first-order valence-electron chi connectivity index (χ1n) is 4.37. The van der Waals surface area contributed by atoms with Crippen molar-refractivity contribution in [3.63, 3.8) is 0 Å². The summed E-state index contributed by atoms with van der Waals surface area (Å²) in [5.41, 5.74) is 3.89. The van der Waals surface area contributed by atoms with Crippen molar-refractivity contribution < 1.29 is 0 Å². The topological polar surface area (TPSA) is 12.9 Å². The van der Waals surface area contributed by atoms with E-state index >= 15 is 0 Å². The molecule has 0 aliphatic carbocycles. The highest BCUT2D eigenvalue weighted by Gasteiger charge is 2.13. The Bertz CT molecular complexity index is 307. The van der Waals surface area contributed by atoms with E-state index in [9.17, 15) is 0 Å². The van der Waals surface area contributed by atoms with Gasteiger partial charge in [0.15, 0.2) is 0 Å². The minimum atomic E-state index is 1.16. The van der Waals surface area contributed by atoms with Crippen LogP contribution in [0, 0.1) is 13.8 Å². The Balaban J connectivity index is 2.53. The monoisotopic (exact) mass is 179 g/mol. The average Bonchev–Trinajstić information content (AvgIpc) is 2.04. The third kappa shape index (κ3) is 1.36. The van der Waals surface area contributed by atoms with Gasteiger partial charge < -0.3 is 0 Å². The lowest BCUT2D eigenvalue weighted by Crippen LogP contribution is -2.04. The van der Waals surface area contributed by atoms with Gasteiger partial charge in [0, 0.05) is 10.6 Å². The fourth-order valence-corrected chi connectivity index (χ4v) is 2.78. The molecule has 1 nitrogen and oxygen atoms in total. The molecular formula is C10H13NS. The summed E-state index contributed by atoms with van der Waals surface area (Å²) in [6, 6.07) is 2.18. The number of aryl methyl sites for hydroxylation is 3. The molecule has 1 aliphatic rings. The van der Waals surface area contributed by atoms with Crippen LogP contribution in [0.2, 0.25) is 0 Å². The van der Waals surface area contributed by atoms with Crippen molar-refractivity contribution in [2.45, 2.75) is 31.6 Å². The van der Waals surface area contributed by atoms with Crippen LogP contribution in [0.4, 0.5) is 0 Å². The molecule has 0 bridgehead atoms. The standard InChI is InChI=1S/C10H13NS/c1-7-6-8(2)11-9-4-3-5-12-10(7)9/h6H,3-5H2,1-2H3. The van der Waals surface area contributed by atoms with Crippen molar-refractivity contribution in [3.8, 4) is 0 Å². The molecule has 64 valence electrons. The number of pyridine rings is 1. The maximum atomic E-state index is 4.55. The van der Waals surface area contributed by atoms with Crippen LogP contribution in [0.15, 0.2) is 11.0 Å². The number of fused-ring (bicyclic) bond motifs is 1. The molecular weight excluding hydrogens is 166 g/mol. The van der Waals surface area contributed by atoms with E-state index in [2.05, 4.69) is 24.9 Å². The second kappa shape index (κ2) is 3.09. The summed E-state index contributed by atoms with van der Waals surface area (Å²) < 4.78 is 0. The average molecular weight is 179 g/mol. The molecule has 1 aromatic heterocycles. The Morgan fingerprint density at radius 1 is 1.42 bits per heavy atom. The normalized spacial score (nSPS) is 15.8. The van der Waals surface area contributed by atoms with Gasteiger partial charge in [0.1, 0.15) is 0 Å². The Morgan fingerprint density at radius 3 is 3.08 bits per heavy atom. The van der Waals surface area contributed by atoms with Crippen LogP contribution in [0.1, 0.15) is 23.4 Å². The molecule has 1 aliphatic heterocycles. The first kappa shape index (κ1) is 8.11. The summed E-state index contributed by atoms with van der Waals surface area (Å²) in [5.74, 6) is 1.26. The first-order chi connectivity index (χ1) is 5.77. The molecule has 1 aromatic rings. The minimum absolute atomic E-state index is 1.16. The van der Waals surface area contributed by atoms with Crippen molar-refractivity contribution in [1.29, 1.82) is 0 Å². The lowest BCUT2D eigenvalue weighted by atomic mass is 10.1. The van der Waals surface area contributed by atoms with Crippen molar-refractivity contribution >= 4 is 11.8 Å². The molecule has 0 fully saturated rings. The zero-order valence-corrected chi connectivity index (χ0v) is 8.37. The summed E-state index contributed by atoms with van der Waals surface area (Å²) in [5, 5.41) is 0. The third-order valence-electron chi connectivity index (χ3n) is 2.16. The maximum absolute atomic E-state index is 4.55. The molecule has 0 saturated heterocycles. The first-order valence-corrected chi connectivity index (χ1v) is 5.36. The zero-order valence-electron chi connectivity index (χ0n) is 7.55. The number of rotatable bonds is 0. The van der Waals surface area contributed by atoms with Crippen molar-refractivity contribution in [3.05, 3.63) is 23.0 Å². The van der Waals surface area contributed by atoms with Crippen LogP contribution in [0.5, 0.6) is 0 Å². The molecule has 0 aromatic carbocycles. The molecule has 0 radical (unpaired) electrons. The predicted octanol–water partition coefficient (Wildman–Crippen LogP) is 2.74. The van der Waals surface area contributed by atoms with Crippen LogP contribution in [-0.2, 0) is 6.42 Å². The summed E-state index contributed by atoms with van der Waals surface area (Å²) >= 11 is 1.96. The minimum Gasteiger partial charge on any atom is -0.257 e. The van der Waals surface area contributed by atoms with Gasteiger partial charge in [-0.3, -0.25) is 4.98 Å². The van der Waals surface area contributed by atoms with Gasteiger partial charge in [-0.15, -0.1) is 11.8 Å². The van der Waals surface area contributed by atoms with E-state index in [1.165, 1.54) is 34.7 Å². The quantitative estimate of drug-likeness (QED) is 0.607. The van der Waals surface area contributed by atoms with Gasteiger partial charge in [0.2, 0.25) is 0 Å². The Labute approximate surface area is 77.6 Å². The van der Waals surface area contributed by atoms with E-state index in [-0.39, 0.29) is 0 Å². The van der Waals surface area contributed by atoms with E-state index in [1.54, 1.807) is 0 Å². The molecule has 0 amide bonds. The Hall–Kier alpha value is -0.500. The summed E-state index contributed by atoms with van der Waals surface area (Å²) in [7, 11) is 0. The third-order valence-corrected chi connectivity index (χ3v) is 3.50. The molecule has 2 heterocycles. The number of nitrogens with zero attached hydrogens (tertiary/aromatic N) is 1. The molecule has 0 spiro atoms. The van der Waals surface area contributed by atoms with Crippen molar-refractivity contribution in [1.82, 2.24) is 4.98 Å². The largest absolute Gasteiger partial charge is 0.257 e. The van der Waals surface area contributed by atoms with E-state index < -0.39 is 0 Å². The van der Waals surface area contributed by atoms with Gasteiger partial charge in [-0.05, 0) is 44.1 Å². The fraction of sp³-hybridized carbons (Fsp3) is 0.500. The van der Waals surface area contributed by atoms with Gasteiger partial charge in [0.25, 0.3) is 0 Å².